The molecule has 0 aliphatic rings. The van der Waals surface area contributed by atoms with Gasteiger partial charge in [0.25, 0.3) is 0 Å². The molecule has 0 bridgehead atoms. The normalized spacial score (nSPS) is 10.8. The van der Waals surface area contributed by atoms with E-state index < -0.39 is 0 Å². The number of amides is 1. The van der Waals surface area contributed by atoms with Gasteiger partial charge in [-0.05, 0) is 48.1 Å². The molecule has 0 unspecified atom stereocenters. The van der Waals surface area contributed by atoms with Gasteiger partial charge in [-0.2, -0.15) is 0 Å². The number of ether oxygens (including phenoxy) is 2. The number of carbonyl (C=O) groups excluding carboxylic acids is 1. The van der Waals surface area contributed by atoms with Crippen LogP contribution < -0.4 is 14.4 Å². The first-order chi connectivity index (χ1) is 16.2. The highest BCUT2D eigenvalue weighted by Crippen LogP contribution is 2.40. The van der Waals surface area contributed by atoms with Gasteiger partial charge in [-0.15, -0.1) is 11.8 Å². The van der Waals surface area contributed by atoms with Gasteiger partial charge in [0, 0.05) is 23.7 Å². The fourth-order valence-corrected chi connectivity index (χ4v) is 5.36. The van der Waals surface area contributed by atoms with Crippen molar-refractivity contribution in [2.75, 3.05) is 24.9 Å². The van der Waals surface area contributed by atoms with Crippen molar-refractivity contribution >= 4 is 44.4 Å². The lowest BCUT2D eigenvalue weighted by molar-refractivity contribution is -0.118. The fourth-order valence-electron chi connectivity index (χ4n) is 3.39. The predicted molar refractivity (Wildman–Crippen MR) is 135 cm³/mol. The highest BCUT2D eigenvalue weighted by atomic mass is 32.2. The summed E-state index contributed by atoms with van der Waals surface area (Å²) in [4.78, 5) is 25.3. The van der Waals surface area contributed by atoms with E-state index in [1.54, 1.807) is 43.3 Å². The molecule has 0 aliphatic heterocycles. The Morgan fingerprint density at radius 3 is 2.55 bits per heavy atom. The molecule has 2 heterocycles. The highest BCUT2D eigenvalue weighted by molar-refractivity contribution is 7.99. The topological polar surface area (TPSA) is 64.6 Å². The molecule has 0 aliphatic carbocycles. The Balaban J connectivity index is 1.56. The van der Waals surface area contributed by atoms with Gasteiger partial charge >= 0.3 is 0 Å². The van der Waals surface area contributed by atoms with Crippen molar-refractivity contribution in [1.82, 2.24) is 9.97 Å². The molecule has 170 valence electrons. The Labute approximate surface area is 201 Å². The number of aromatic nitrogens is 2. The maximum Gasteiger partial charge on any atom is 0.229 e. The monoisotopic (exact) mass is 479 g/mol. The van der Waals surface area contributed by atoms with Crippen LogP contribution in [0.4, 0.5) is 5.13 Å². The van der Waals surface area contributed by atoms with Gasteiger partial charge in [-0.1, -0.05) is 35.6 Å². The molecule has 0 radical (unpaired) electrons. The first-order valence-corrected chi connectivity index (χ1v) is 12.4. The second-order valence-electron chi connectivity index (χ2n) is 7.25. The van der Waals surface area contributed by atoms with Gasteiger partial charge in [0.15, 0.2) is 5.13 Å². The molecule has 4 aromatic rings. The number of hydrogen-bond donors (Lipinski definition) is 0. The third-order valence-electron chi connectivity index (χ3n) is 5.04. The van der Waals surface area contributed by atoms with E-state index in [1.165, 1.54) is 16.2 Å². The van der Waals surface area contributed by atoms with Crippen LogP contribution in [0.1, 0.15) is 18.4 Å². The number of benzene rings is 2. The fraction of sp³-hybridized carbons (Fsp3) is 0.240. The Morgan fingerprint density at radius 1 is 1.03 bits per heavy atom. The van der Waals surface area contributed by atoms with Crippen molar-refractivity contribution in [2.24, 2.45) is 0 Å². The molecule has 1 amide bonds. The van der Waals surface area contributed by atoms with Crippen LogP contribution in [0.2, 0.25) is 0 Å². The van der Waals surface area contributed by atoms with Crippen LogP contribution in [0.25, 0.3) is 10.2 Å². The summed E-state index contributed by atoms with van der Waals surface area (Å²) in [7, 11) is 3.24. The maximum atomic E-state index is 13.3. The number of hydrogen-bond acceptors (Lipinski definition) is 7. The third-order valence-corrected chi connectivity index (χ3v) is 7.23. The van der Waals surface area contributed by atoms with E-state index >= 15 is 0 Å². The molecule has 4 rings (SSSR count). The zero-order valence-electron chi connectivity index (χ0n) is 18.6. The van der Waals surface area contributed by atoms with Crippen molar-refractivity contribution in [3.05, 3.63) is 72.6 Å². The minimum atomic E-state index is 0.0319. The van der Waals surface area contributed by atoms with E-state index in [4.69, 9.17) is 14.5 Å². The molecule has 2 aromatic carbocycles. The van der Waals surface area contributed by atoms with Crippen molar-refractivity contribution in [3.8, 4) is 11.5 Å². The number of thioether (sulfide) groups is 1. The maximum absolute atomic E-state index is 13.3. The van der Waals surface area contributed by atoms with E-state index in [-0.39, 0.29) is 5.91 Å². The number of nitrogens with zero attached hydrogens (tertiary/aromatic N) is 3. The largest absolute Gasteiger partial charge is 0.495 e. The average Bonchev–Trinajstić information content (AvgIpc) is 3.31. The summed E-state index contributed by atoms with van der Waals surface area (Å²) < 4.78 is 11.9. The zero-order chi connectivity index (χ0) is 23.0. The van der Waals surface area contributed by atoms with Crippen molar-refractivity contribution < 1.29 is 14.3 Å². The minimum absolute atomic E-state index is 0.0319. The molecule has 8 heteroatoms. The Morgan fingerprint density at radius 2 is 1.82 bits per heavy atom. The molecule has 33 heavy (non-hydrogen) atoms. The van der Waals surface area contributed by atoms with Gasteiger partial charge < -0.3 is 9.47 Å². The van der Waals surface area contributed by atoms with Crippen molar-refractivity contribution in [1.29, 1.82) is 0 Å². The summed E-state index contributed by atoms with van der Waals surface area (Å²) in [6.45, 7) is 0.406. The number of rotatable bonds is 10. The van der Waals surface area contributed by atoms with E-state index in [9.17, 15) is 4.79 Å². The SMILES string of the molecule is COc1ccc(OC)c2sc(N(Cc3cccnc3)C(=O)CCCSc3ccccc3)nc12. The lowest BCUT2D eigenvalue weighted by atomic mass is 10.2. The first-order valence-electron chi connectivity index (χ1n) is 10.6. The summed E-state index contributed by atoms with van der Waals surface area (Å²) in [6.07, 6.45) is 4.72. The van der Waals surface area contributed by atoms with Gasteiger partial charge in [-0.3, -0.25) is 14.7 Å². The first kappa shape index (κ1) is 23.1. The van der Waals surface area contributed by atoms with E-state index in [0.717, 1.165) is 22.4 Å². The Bertz CT molecular complexity index is 1160. The van der Waals surface area contributed by atoms with E-state index in [2.05, 4.69) is 17.1 Å². The molecular formula is C25H25N3O3S2. The predicted octanol–water partition coefficient (Wildman–Crippen LogP) is 5.81. The average molecular weight is 480 g/mol. The number of anilines is 1. The number of fused-ring (bicyclic) bond motifs is 1. The summed E-state index contributed by atoms with van der Waals surface area (Å²) in [5.74, 6) is 2.27. The van der Waals surface area contributed by atoms with Crippen LogP contribution in [-0.2, 0) is 11.3 Å². The number of pyridine rings is 1. The van der Waals surface area contributed by atoms with Crippen LogP contribution in [0.5, 0.6) is 11.5 Å². The number of methoxy groups -OCH3 is 2. The van der Waals surface area contributed by atoms with Gasteiger partial charge in [0.2, 0.25) is 5.91 Å². The van der Waals surface area contributed by atoms with Crippen LogP contribution in [0.3, 0.4) is 0 Å². The van der Waals surface area contributed by atoms with Crippen LogP contribution >= 0.6 is 23.1 Å². The third kappa shape index (κ3) is 5.64. The van der Waals surface area contributed by atoms with Gasteiger partial charge in [0.05, 0.1) is 20.8 Å². The zero-order valence-corrected chi connectivity index (χ0v) is 20.2. The molecule has 0 spiro atoms. The summed E-state index contributed by atoms with van der Waals surface area (Å²) in [6, 6.07) is 17.8. The lowest BCUT2D eigenvalue weighted by Crippen LogP contribution is -2.30. The molecular weight excluding hydrogens is 454 g/mol. The van der Waals surface area contributed by atoms with Crippen molar-refractivity contribution in [2.45, 2.75) is 24.3 Å². The van der Waals surface area contributed by atoms with Crippen LogP contribution in [-0.4, -0.2) is 35.8 Å². The summed E-state index contributed by atoms with van der Waals surface area (Å²) in [5, 5.41) is 0.623. The molecule has 0 fully saturated rings. The molecule has 0 saturated carbocycles. The highest BCUT2D eigenvalue weighted by Gasteiger charge is 2.22. The van der Waals surface area contributed by atoms with E-state index in [0.29, 0.717) is 35.1 Å². The molecule has 6 nitrogen and oxygen atoms in total. The standard InChI is InChI=1S/C25H25N3O3S2/c1-30-20-12-13-21(31-2)24-23(20)27-25(33-24)28(17-18-8-6-14-26-16-18)22(29)11-7-15-32-19-9-4-3-5-10-19/h3-6,8-10,12-14,16H,7,11,15,17H2,1-2H3. The van der Waals surface area contributed by atoms with Crippen LogP contribution in [0, 0.1) is 0 Å². The van der Waals surface area contributed by atoms with E-state index in [1.807, 2.05) is 42.5 Å². The smallest absolute Gasteiger partial charge is 0.229 e. The minimum Gasteiger partial charge on any atom is -0.495 e. The Hall–Kier alpha value is -3.10. The second kappa shape index (κ2) is 11.2. The molecule has 0 atom stereocenters. The second-order valence-corrected chi connectivity index (χ2v) is 9.40. The Kier molecular flexibility index (Phi) is 7.80. The lowest BCUT2D eigenvalue weighted by Gasteiger charge is -2.20. The number of carbonyl (C=O) groups is 1. The molecule has 2 aromatic heterocycles. The molecule has 0 saturated heterocycles. The molecule has 0 N–H and O–H groups in total. The van der Waals surface area contributed by atoms with Gasteiger partial charge in [-0.25, -0.2) is 4.98 Å². The summed E-state index contributed by atoms with van der Waals surface area (Å²) >= 11 is 3.19. The number of thiazole rings is 1. The van der Waals surface area contributed by atoms with Crippen LogP contribution in [0.15, 0.2) is 71.9 Å². The quantitative estimate of drug-likeness (QED) is 0.211. The van der Waals surface area contributed by atoms with Crippen molar-refractivity contribution in [3.63, 3.8) is 0 Å². The van der Waals surface area contributed by atoms with Gasteiger partial charge in [0.1, 0.15) is 21.7 Å². The summed E-state index contributed by atoms with van der Waals surface area (Å²) in [5.41, 5.74) is 1.64.